The molecule has 13 nitrogen and oxygen atoms in total. The molecule has 11 rings (SSSR count). The molecule has 0 radical (unpaired) electrons. The number of aliphatic hydroxyl groups is 1. The minimum Gasteiger partial charge on any atom is -0.496 e. The number of benzene rings is 2. The average molecular weight is 816 g/mol. The molecular formula is C47H53N5O8. The van der Waals surface area contributed by atoms with Crippen LogP contribution < -0.4 is 9.64 Å². The van der Waals surface area contributed by atoms with Crippen molar-refractivity contribution < 1.29 is 38.4 Å². The summed E-state index contributed by atoms with van der Waals surface area (Å²) >= 11 is 0. The van der Waals surface area contributed by atoms with Crippen molar-refractivity contribution in [2.24, 2.45) is 11.3 Å². The maximum absolute atomic E-state index is 14.8. The van der Waals surface area contributed by atoms with E-state index in [0.717, 1.165) is 44.5 Å². The number of ether oxygens (including phenoxy) is 4. The number of para-hydroxylation sites is 1. The molecule has 0 amide bonds. The number of aromatic nitrogens is 1. The maximum Gasteiger partial charge on any atom is 0.344 e. The Morgan fingerprint density at radius 2 is 1.82 bits per heavy atom. The molecule has 1 unspecified atom stereocenters. The Morgan fingerprint density at radius 1 is 1.05 bits per heavy atom. The zero-order chi connectivity index (χ0) is 42.3. The van der Waals surface area contributed by atoms with Gasteiger partial charge in [0.15, 0.2) is 11.6 Å². The molecule has 3 fully saturated rings. The van der Waals surface area contributed by atoms with Crippen molar-refractivity contribution in [3.8, 4) is 11.8 Å². The van der Waals surface area contributed by atoms with Crippen LogP contribution in [0, 0.1) is 22.7 Å². The van der Waals surface area contributed by atoms with Gasteiger partial charge in [-0.1, -0.05) is 50.3 Å². The molecule has 8 aliphatic rings. The van der Waals surface area contributed by atoms with Gasteiger partial charge in [0.05, 0.1) is 40.1 Å². The Labute approximate surface area is 350 Å². The van der Waals surface area contributed by atoms with Crippen LogP contribution in [0.15, 0.2) is 60.2 Å². The number of likely N-dealkylation sites (N-methyl/N-ethyl adjacent to an activating group) is 1. The highest BCUT2D eigenvalue weighted by molar-refractivity contribution is 5.95. The van der Waals surface area contributed by atoms with Gasteiger partial charge in [0.25, 0.3) is 0 Å². The van der Waals surface area contributed by atoms with Gasteiger partial charge in [-0.3, -0.25) is 19.4 Å². The first-order valence-corrected chi connectivity index (χ1v) is 21.2. The maximum atomic E-state index is 14.8. The Kier molecular flexibility index (Phi) is 8.40. The number of nitrogens with zero attached hydrogens (tertiary/aromatic N) is 5. The summed E-state index contributed by atoms with van der Waals surface area (Å²) in [5.74, 6) is -1.17. The van der Waals surface area contributed by atoms with E-state index in [2.05, 4.69) is 63.8 Å². The molecular weight excluding hydrogens is 763 g/mol. The largest absolute Gasteiger partial charge is 0.496 e. The van der Waals surface area contributed by atoms with Crippen LogP contribution in [0.25, 0.3) is 10.9 Å². The topological polar surface area (TPSA) is 147 Å². The number of esters is 3. The molecule has 6 aliphatic heterocycles. The quantitative estimate of drug-likeness (QED) is 0.194. The van der Waals surface area contributed by atoms with Crippen molar-refractivity contribution in [1.82, 2.24) is 14.4 Å². The molecule has 1 saturated carbocycles. The van der Waals surface area contributed by atoms with E-state index in [1.54, 1.807) is 7.11 Å². The highest BCUT2D eigenvalue weighted by atomic mass is 16.6. The monoisotopic (exact) mass is 815 g/mol. The van der Waals surface area contributed by atoms with Crippen LogP contribution in [0.5, 0.6) is 5.75 Å². The molecule has 2 saturated heterocycles. The van der Waals surface area contributed by atoms with E-state index in [0.29, 0.717) is 64.2 Å². The van der Waals surface area contributed by atoms with E-state index >= 15 is 0 Å². The van der Waals surface area contributed by atoms with Crippen molar-refractivity contribution in [3.05, 3.63) is 82.6 Å². The van der Waals surface area contributed by atoms with Gasteiger partial charge in [-0.25, -0.2) is 4.79 Å². The standard InChI is InChI=1S/C47H53N5O8/c1-8-30-19-28-23-45(41(54)58-6)37-32(31-13-10-11-14-34(31)52(37)26-51(24-28)46(30,45)25-48)20-29-21-33-35(22-36(29)57-5)49(4)39-44(33)16-18-50-17-12-15-43(9-2,38(44)50)40(60-27(3)53)47(39,56)42(55)59-7/h10-15,19,21-22,28,38-40,56H,8-9,16-18,20,23-24,26H2,1-7H3/t28-,38-,39+,40+,43+,44+,45+,46+,47-/m0/s1. The molecule has 2 aromatic carbocycles. The highest BCUT2D eigenvalue weighted by Gasteiger charge is 2.80. The Morgan fingerprint density at radius 3 is 2.50 bits per heavy atom. The highest BCUT2D eigenvalue weighted by Crippen LogP contribution is 2.68. The minimum absolute atomic E-state index is 0.0688. The number of rotatable bonds is 8. The fourth-order valence-electron chi connectivity index (χ4n) is 14.3. The second kappa shape index (κ2) is 12.9. The van der Waals surface area contributed by atoms with Crippen LogP contribution >= 0.6 is 0 Å². The molecule has 10 atom stereocenters. The van der Waals surface area contributed by atoms with E-state index in [-0.39, 0.29) is 12.0 Å². The summed E-state index contributed by atoms with van der Waals surface area (Å²) in [7, 11) is 6.22. The zero-order valence-corrected chi connectivity index (χ0v) is 35.4. The van der Waals surface area contributed by atoms with Gasteiger partial charge in [0.2, 0.25) is 5.60 Å². The van der Waals surface area contributed by atoms with Crippen molar-refractivity contribution >= 4 is 34.5 Å². The Hall–Kier alpha value is -5.16. The van der Waals surface area contributed by atoms with Crippen LogP contribution in [-0.2, 0) is 52.5 Å². The molecule has 1 aromatic heterocycles. The number of fused-ring (bicyclic) bond motifs is 4. The summed E-state index contributed by atoms with van der Waals surface area (Å²) < 4.78 is 25.8. The average Bonchev–Trinajstić information content (AvgIpc) is 3.88. The van der Waals surface area contributed by atoms with Crippen LogP contribution in [0.4, 0.5) is 5.69 Å². The molecule has 1 spiro atoms. The molecule has 1 N–H and O–H groups in total. The molecule has 13 heteroatoms. The third kappa shape index (κ3) is 4.25. The Bertz CT molecular complexity index is 2500. The van der Waals surface area contributed by atoms with Gasteiger partial charge in [0, 0.05) is 78.7 Å². The lowest BCUT2D eigenvalue weighted by Gasteiger charge is -2.63. The van der Waals surface area contributed by atoms with Gasteiger partial charge in [-0.15, -0.1) is 0 Å². The van der Waals surface area contributed by atoms with E-state index in [1.807, 2.05) is 37.1 Å². The summed E-state index contributed by atoms with van der Waals surface area (Å²) in [6.07, 6.45) is 7.70. The number of piperidine rings is 1. The van der Waals surface area contributed by atoms with Gasteiger partial charge >= 0.3 is 17.9 Å². The number of nitriles is 1. The number of hydrogen-bond acceptors (Lipinski definition) is 12. The van der Waals surface area contributed by atoms with Gasteiger partial charge in [0.1, 0.15) is 11.2 Å². The van der Waals surface area contributed by atoms with Crippen LogP contribution in [0.2, 0.25) is 0 Å². The van der Waals surface area contributed by atoms with Crippen molar-refractivity contribution in [2.75, 3.05) is 52.9 Å². The third-order valence-corrected chi connectivity index (χ3v) is 16.1. The first-order valence-electron chi connectivity index (χ1n) is 21.2. The first kappa shape index (κ1) is 39.0. The van der Waals surface area contributed by atoms with Crippen molar-refractivity contribution in [3.63, 3.8) is 0 Å². The molecule has 3 aromatic rings. The SMILES string of the molecule is CCC1=C[C@@H]2CN3Cn4c(c(Cc5cc6c(cc5OC)N(C)[C@H]5[C@@](O)(C(=O)OC)[C@H](OC(C)=O)[C@]7(CC)C=CCN8CC[C@]65[C@@H]87)c5ccccc54)[C@@](C(=O)OC)(C2)[C@@]13C#N. The second-order valence-corrected chi connectivity index (χ2v) is 18.1. The summed E-state index contributed by atoms with van der Waals surface area (Å²) in [6, 6.07) is 14.0. The van der Waals surface area contributed by atoms with E-state index in [4.69, 9.17) is 18.9 Å². The zero-order valence-electron chi connectivity index (χ0n) is 35.4. The van der Waals surface area contributed by atoms with Crippen LogP contribution in [0.3, 0.4) is 0 Å². The fourth-order valence-corrected chi connectivity index (χ4v) is 14.3. The summed E-state index contributed by atoms with van der Waals surface area (Å²) in [4.78, 5) is 48.6. The Balaban J connectivity index is 1.22. The van der Waals surface area contributed by atoms with Crippen molar-refractivity contribution in [1.29, 1.82) is 5.26 Å². The summed E-state index contributed by atoms with van der Waals surface area (Å²) in [5.41, 5.74) is -0.176. The van der Waals surface area contributed by atoms with E-state index < -0.39 is 57.4 Å². The van der Waals surface area contributed by atoms with E-state index in [1.165, 1.54) is 21.1 Å². The molecule has 2 aliphatic carbocycles. The minimum atomic E-state index is -2.25. The second-order valence-electron chi connectivity index (χ2n) is 18.1. The lowest BCUT2D eigenvalue weighted by atomic mass is 9.47. The van der Waals surface area contributed by atoms with Crippen LogP contribution in [0.1, 0.15) is 68.8 Å². The van der Waals surface area contributed by atoms with E-state index in [9.17, 15) is 24.8 Å². The predicted molar refractivity (Wildman–Crippen MR) is 221 cm³/mol. The van der Waals surface area contributed by atoms with Gasteiger partial charge in [-0.2, -0.15) is 5.26 Å². The van der Waals surface area contributed by atoms with Crippen LogP contribution in [-0.4, -0.2) is 115 Å². The lowest BCUT2D eigenvalue weighted by Crippen LogP contribution is -2.81. The third-order valence-electron chi connectivity index (χ3n) is 16.1. The number of methoxy groups -OCH3 is 3. The fraction of sp³-hybridized carbons (Fsp3) is 0.532. The predicted octanol–water partition coefficient (Wildman–Crippen LogP) is 4.50. The number of carbonyl (C=O) groups is 3. The lowest BCUT2D eigenvalue weighted by molar-refractivity contribution is -0.228. The molecule has 7 heterocycles. The first-order chi connectivity index (χ1) is 28.8. The number of hydrogen-bond donors (Lipinski definition) is 1. The van der Waals surface area contributed by atoms with Gasteiger partial charge < -0.3 is 33.5 Å². The molecule has 60 heavy (non-hydrogen) atoms. The number of anilines is 1. The smallest absolute Gasteiger partial charge is 0.344 e. The summed E-state index contributed by atoms with van der Waals surface area (Å²) in [6.45, 7) is 7.90. The normalized spacial score (nSPS) is 36.4. The van der Waals surface area contributed by atoms with Crippen molar-refractivity contribution in [2.45, 2.75) is 99.7 Å². The van der Waals surface area contributed by atoms with Gasteiger partial charge in [-0.05, 0) is 72.5 Å². The number of carbonyl (C=O) groups excluding carboxylic acids is 3. The molecule has 4 bridgehead atoms. The molecule has 314 valence electrons. The summed E-state index contributed by atoms with van der Waals surface area (Å²) in [5, 5.41) is 25.6.